The predicted molar refractivity (Wildman–Crippen MR) is 74.7 cm³/mol. The van der Waals surface area contributed by atoms with Crippen LogP contribution in [-0.4, -0.2) is 0 Å². The van der Waals surface area contributed by atoms with E-state index in [1.54, 1.807) is 18.2 Å². The zero-order chi connectivity index (χ0) is 12.8. The van der Waals surface area contributed by atoms with E-state index in [-0.39, 0.29) is 0 Å². The van der Waals surface area contributed by atoms with Gasteiger partial charge in [0.05, 0.1) is 11.8 Å². The summed E-state index contributed by atoms with van der Waals surface area (Å²) in [5.74, 6) is 6.76. The van der Waals surface area contributed by atoms with Gasteiger partial charge in [-0.1, -0.05) is 48.2 Å². The second kappa shape index (κ2) is 5.95. The van der Waals surface area contributed by atoms with Gasteiger partial charge in [-0.15, -0.1) is 0 Å². The summed E-state index contributed by atoms with van der Waals surface area (Å²) in [4.78, 5) is 0. The Balaban J connectivity index is 2.36. The first-order chi connectivity index (χ1) is 8.79. The van der Waals surface area contributed by atoms with Crippen LogP contribution in [0.2, 0.25) is 5.02 Å². The van der Waals surface area contributed by atoms with Gasteiger partial charge in [-0.2, -0.15) is 0 Å². The van der Waals surface area contributed by atoms with Crippen molar-refractivity contribution in [2.24, 2.45) is 0 Å². The molecule has 0 bridgehead atoms. The van der Waals surface area contributed by atoms with Crippen molar-refractivity contribution >= 4 is 11.6 Å². The number of rotatable bonds is 2. The lowest BCUT2D eigenvalue weighted by molar-refractivity contribution is 0.482. The van der Waals surface area contributed by atoms with E-state index < -0.39 is 0 Å². The van der Waals surface area contributed by atoms with Crippen molar-refractivity contribution in [3.63, 3.8) is 0 Å². The molecule has 0 fully saturated rings. The molecule has 2 rings (SSSR count). The normalized spacial score (nSPS) is 9.17. The number of halogens is 1. The van der Waals surface area contributed by atoms with Crippen molar-refractivity contribution in [3.05, 3.63) is 77.5 Å². The molecule has 0 aliphatic carbocycles. The SMILES string of the molecule is C=COc1ccc(Cl)cc1C#Cc1ccccc1. The summed E-state index contributed by atoms with van der Waals surface area (Å²) >= 11 is 5.95. The lowest BCUT2D eigenvalue weighted by atomic mass is 10.1. The zero-order valence-electron chi connectivity index (χ0n) is 9.69. The molecule has 0 saturated carbocycles. The molecule has 0 radical (unpaired) electrons. The maximum Gasteiger partial charge on any atom is 0.142 e. The first-order valence-corrected chi connectivity index (χ1v) is 5.81. The Bertz CT molecular complexity index is 606. The van der Waals surface area contributed by atoms with Crippen LogP contribution in [0.25, 0.3) is 0 Å². The summed E-state index contributed by atoms with van der Waals surface area (Å²) in [5.41, 5.74) is 1.69. The van der Waals surface area contributed by atoms with Crippen LogP contribution in [0.15, 0.2) is 61.4 Å². The molecule has 1 nitrogen and oxygen atoms in total. The summed E-state index contributed by atoms with van der Waals surface area (Å²) in [6.45, 7) is 3.53. The van der Waals surface area contributed by atoms with Crippen LogP contribution in [0.3, 0.4) is 0 Å². The Kier molecular flexibility index (Phi) is 4.06. The van der Waals surface area contributed by atoms with Crippen LogP contribution in [0, 0.1) is 11.8 Å². The van der Waals surface area contributed by atoms with Crippen molar-refractivity contribution in [1.82, 2.24) is 0 Å². The molecule has 0 saturated heterocycles. The maximum absolute atomic E-state index is 5.95. The number of ether oxygens (including phenoxy) is 1. The molecular weight excluding hydrogens is 244 g/mol. The molecule has 18 heavy (non-hydrogen) atoms. The highest BCUT2D eigenvalue weighted by atomic mass is 35.5. The van der Waals surface area contributed by atoms with E-state index in [1.165, 1.54) is 6.26 Å². The third-order valence-electron chi connectivity index (χ3n) is 2.27. The molecule has 88 valence electrons. The molecule has 0 aliphatic rings. The number of benzene rings is 2. The summed E-state index contributed by atoms with van der Waals surface area (Å²) < 4.78 is 5.28. The monoisotopic (exact) mass is 254 g/mol. The highest BCUT2D eigenvalue weighted by molar-refractivity contribution is 6.30. The molecule has 2 aromatic rings. The van der Waals surface area contributed by atoms with E-state index in [9.17, 15) is 0 Å². The third kappa shape index (κ3) is 3.16. The molecule has 0 N–H and O–H groups in total. The van der Waals surface area contributed by atoms with Gasteiger partial charge in [-0.3, -0.25) is 0 Å². The molecule has 0 heterocycles. The van der Waals surface area contributed by atoms with Gasteiger partial charge < -0.3 is 4.74 Å². The average Bonchev–Trinajstić information content (AvgIpc) is 2.40. The fraction of sp³-hybridized carbons (Fsp3) is 0. The van der Waals surface area contributed by atoms with Crippen molar-refractivity contribution in [3.8, 4) is 17.6 Å². The Hall–Kier alpha value is -2.17. The average molecular weight is 255 g/mol. The van der Waals surface area contributed by atoms with Crippen LogP contribution in [0.1, 0.15) is 11.1 Å². The van der Waals surface area contributed by atoms with Crippen LogP contribution in [-0.2, 0) is 0 Å². The lowest BCUT2D eigenvalue weighted by Gasteiger charge is -2.03. The Morgan fingerprint density at radius 2 is 1.83 bits per heavy atom. The summed E-state index contributed by atoms with van der Waals surface area (Å²) in [6, 6.07) is 15.1. The second-order valence-corrected chi connectivity index (χ2v) is 3.98. The smallest absolute Gasteiger partial charge is 0.142 e. The van der Waals surface area contributed by atoms with Gasteiger partial charge in [0.1, 0.15) is 5.75 Å². The minimum absolute atomic E-state index is 0.628. The van der Waals surface area contributed by atoms with E-state index >= 15 is 0 Å². The molecule has 0 unspecified atom stereocenters. The summed E-state index contributed by atoms with van der Waals surface area (Å²) in [7, 11) is 0. The van der Waals surface area contributed by atoms with E-state index in [1.807, 2.05) is 30.3 Å². The molecular formula is C16H11ClO. The Morgan fingerprint density at radius 1 is 1.06 bits per heavy atom. The van der Waals surface area contributed by atoms with Gasteiger partial charge in [-0.05, 0) is 30.3 Å². The minimum Gasteiger partial charge on any atom is -0.464 e. The van der Waals surface area contributed by atoms with Crippen LogP contribution >= 0.6 is 11.6 Å². The highest BCUT2D eigenvalue weighted by Gasteiger charge is 2.00. The Labute approximate surface area is 112 Å². The first-order valence-electron chi connectivity index (χ1n) is 5.44. The van der Waals surface area contributed by atoms with Gasteiger partial charge in [0.15, 0.2) is 0 Å². The van der Waals surface area contributed by atoms with Crippen LogP contribution in [0.5, 0.6) is 5.75 Å². The van der Waals surface area contributed by atoms with Crippen molar-refractivity contribution in [2.45, 2.75) is 0 Å². The lowest BCUT2D eigenvalue weighted by Crippen LogP contribution is -1.86. The fourth-order valence-electron chi connectivity index (χ4n) is 1.45. The predicted octanol–water partition coefficient (Wildman–Crippen LogP) is 4.26. The van der Waals surface area contributed by atoms with E-state index in [0.717, 1.165) is 11.1 Å². The topological polar surface area (TPSA) is 9.23 Å². The first kappa shape index (κ1) is 12.3. The van der Waals surface area contributed by atoms with E-state index in [2.05, 4.69) is 18.4 Å². The van der Waals surface area contributed by atoms with Gasteiger partial charge in [0, 0.05) is 10.6 Å². The maximum atomic E-state index is 5.95. The fourth-order valence-corrected chi connectivity index (χ4v) is 1.63. The molecule has 0 spiro atoms. The van der Waals surface area contributed by atoms with Gasteiger partial charge >= 0.3 is 0 Å². The van der Waals surface area contributed by atoms with Gasteiger partial charge in [0.25, 0.3) is 0 Å². The van der Waals surface area contributed by atoms with Gasteiger partial charge in [-0.25, -0.2) is 0 Å². The molecule has 0 aromatic heterocycles. The minimum atomic E-state index is 0.628. The van der Waals surface area contributed by atoms with E-state index in [0.29, 0.717) is 10.8 Å². The number of hydrogen-bond donors (Lipinski definition) is 0. The number of hydrogen-bond acceptors (Lipinski definition) is 1. The second-order valence-electron chi connectivity index (χ2n) is 3.54. The highest BCUT2D eigenvalue weighted by Crippen LogP contribution is 2.22. The molecule has 0 amide bonds. The summed E-state index contributed by atoms with van der Waals surface area (Å²) in [6.07, 6.45) is 1.37. The van der Waals surface area contributed by atoms with Crippen molar-refractivity contribution in [1.29, 1.82) is 0 Å². The Morgan fingerprint density at radius 3 is 2.56 bits per heavy atom. The van der Waals surface area contributed by atoms with E-state index in [4.69, 9.17) is 16.3 Å². The standard InChI is InChI=1S/C16H11ClO/c1-2-18-16-11-10-15(17)12-14(16)9-8-13-6-4-3-5-7-13/h2-7,10-12H,1H2. The molecule has 2 aromatic carbocycles. The summed E-state index contributed by atoms with van der Waals surface area (Å²) in [5, 5.41) is 0.628. The van der Waals surface area contributed by atoms with Gasteiger partial charge in [0.2, 0.25) is 0 Å². The quantitative estimate of drug-likeness (QED) is 0.575. The van der Waals surface area contributed by atoms with Crippen LogP contribution < -0.4 is 4.74 Å². The molecule has 2 heteroatoms. The van der Waals surface area contributed by atoms with Crippen molar-refractivity contribution in [2.75, 3.05) is 0 Å². The molecule has 0 aliphatic heterocycles. The largest absolute Gasteiger partial charge is 0.464 e. The van der Waals surface area contributed by atoms with Crippen LogP contribution in [0.4, 0.5) is 0 Å². The zero-order valence-corrected chi connectivity index (χ0v) is 10.4. The molecule has 0 atom stereocenters. The van der Waals surface area contributed by atoms with Crippen molar-refractivity contribution < 1.29 is 4.74 Å². The third-order valence-corrected chi connectivity index (χ3v) is 2.50.